The summed E-state index contributed by atoms with van der Waals surface area (Å²) in [6.07, 6.45) is 9.29. The summed E-state index contributed by atoms with van der Waals surface area (Å²) in [7, 11) is 0. The maximum absolute atomic E-state index is 9.10. The molecule has 0 spiro atoms. The van der Waals surface area contributed by atoms with Crippen LogP contribution in [0.5, 0.6) is 0 Å². The summed E-state index contributed by atoms with van der Waals surface area (Å²) in [5, 5.41) is 12.5. The van der Waals surface area contributed by atoms with E-state index in [0.717, 1.165) is 12.5 Å². The molecule has 0 aromatic rings. The van der Waals surface area contributed by atoms with Crippen molar-refractivity contribution in [3.8, 4) is 6.07 Å². The normalized spacial score (nSPS) is 25.6. The van der Waals surface area contributed by atoms with Gasteiger partial charge in [0.05, 0.1) is 12.1 Å². The molecule has 0 amide bonds. The van der Waals surface area contributed by atoms with Crippen molar-refractivity contribution < 1.29 is 0 Å². The van der Waals surface area contributed by atoms with Crippen molar-refractivity contribution in [2.75, 3.05) is 6.54 Å². The van der Waals surface area contributed by atoms with E-state index in [9.17, 15) is 0 Å². The predicted octanol–water partition coefficient (Wildman–Crippen LogP) is 2.46. The Morgan fingerprint density at radius 1 is 1.14 bits per heavy atom. The van der Waals surface area contributed by atoms with Gasteiger partial charge in [-0.15, -0.1) is 0 Å². The molecule has 2 rings (SSSR count). The van der Waals surface area contributed by atoms with E-state index < -0.39 is 0 Å². The van der Waals surface area contributed by atoms with Crippen LogP contribution in [0.15, 0.2) is 0 Å². The SMILES string of the molecule is N#CC(NCC1CC1)C1CCCCC1. The maximum Gasteiger partial charge on any atom is 0.0981 e. The molecule has 0 radical (unpaired) electrons. The summed E-state index contributed by atoms with van der Waals surface area (Å²) in [5.74, 6) is 1.52. The first-order valence-corrected chi connectivity index (χ1v) is 6.03. The molecule has 0 aromatic heterocycles. The molecule has 0 aromatic carbocycles. The van der Waals surface area contributed by atoms with Crippen LogP contribution in [0.25, 0.3) is 0 Å². The number of hydrogen-bond acceptors (Lipinski definition) is 2. The van der Waals surface area contributed by atoms with Crippen molar-refractivity contribution in [3.63, 3.8) is 0 Å². The Bertz CT molecular complexity index is 209. The molecule has 1 atom stereocenters. The van der Waals surface area contributed by atoms with Crippen molar-refractivity contribution in [3.05, 3.63) is 0 Å². The van der Waals surface area contributed by atoms with Gasteiger partial charge in [0.25, 0.3) is 0 Å². The van der Waals surface area contributed by atoms with E-state index >= 15 is 0 Å². The molecule has 0 aliphatic heterocycles. The monoisotopic (exact) mass is 192 g/mol. The topological polar surface area (TPSA) is 35.8 Å². The molecule has 1 N–H and O–H groups in total. The summed E-state index contributed by atoms with van der Waals surface area (Å²) in [4.78, 5) is 0. The molecule has 78 valence electrons. The zero-order chi connectivity index (χ0) is 9.80. The summed E-state index contributed by atoms with van der Waals surface area (Å²) >= 11 is 0. The predicted molar refractivity (Wildman–Crippen MR) is 56.7 cm³/mol. The number of hydrogen-bond donors (Lipinski definition) is 1. The Morgan fingerprint density at radius 3 is 2.43 bits per heavy atom. The minimum absolute atomic E-state index is 0.135. The van der Waals surface area contributed by atoms with Gasteiger partial charge in [-0.1, -0.05) is 19.3 Å². The lowest BCUT2D eigenvalue weighted by atomic mass is 9.84. The number of rotatable bonds is 4. The smallest absolute Gasteiger partial charge is 0.0981 e. The van der Waals surface area contributed by atoms with Gasteiger partial charge in [-0.05, 0) is 44.1 Å². The third kappa shape index (κ3) is 2.72. The van der Waals surface area contributed by atoms with Gasteiger partial charge in [-0.2, -0.15) is 5.26 Å². The van der Waals surface area contributed by atoms with Crippen molar-refractivity contribution >= 4 is 0 Å². The molecule has 1 unspecified atom stereocenters. The van der Waals surface area contributed by atoms with Gasteiger partial charge in [0.1, 0.15) is 0 Å². The van der Waals surface area contributed by atoms with E-state index in [0.29, 0.717) is 5.92 Å². The highest BCUT2D eigenvalue weighted by atomic mass is 14.9. The van der Waals surface area contributed by atoms with Crippen LogP contribution in [0.3, 0.4) is 0 Å². The molecule has 0 heterocycles. The molecule has 0 saturated heterocycles. The maximum atomic E-state index is 9.10. The van der Waals surface area contributed by atoms with Gasteiger partial charge in [0.15, 0.2) is 0 Å². The number of nitrogens with one attached hydrogen (secondary N) is 1. The van der Waals surface area contributed by atoms with Gasteiger partial charge in [0.2, 0.25) is 0 Å². The molecule has 0 bridgehead atoms. The van der Waals surface area contributed by atoms with E-state index in [1.165, 1.54) is 44.9 Å². The van der Waals surface area contributed by atoms with E-state index in [1.54, 1.807) is 0 Å². The lowest BCUT2D eigenvalue weighted by Crippen LogP contribution is -2.37. The molecule has 2 heteroatoms. The summed E-state index contributed by atoms with van der Waals surface area (Å²) in [6.45, 7) is 1.08. The first kappa shape index (κ1) is 9.98. The Morgan fingerprint density at radius 2 is 1.86 bits per heavy atom. The third-order valence-electron chi connectivity index (χ3n) is 3.58. The van der Waals surface area contributed by atoms with Crippen molar-refractivity contribution in [1.82, 2.24) is 5.32 Å². The lowest BCUT2D eigenvalue weighted by molar-refractivity contribution is 0.303. The largest absolute Gasteiger partial charge is 0.301 e. The average Bonchev–Trinajstić information content (AvgIpc) is 3.04. The zero-order valence-electron chi connectivity index (χ0n) is 8.84. The summed E-state index contributed by atoms with van der Waals surface area (Å²) in [5.41, 5.74) is 0. The second-order valence-corrected chi connectivity index (χ2v) is 4.86. The first-order chi connectivity index (χ1) is 6.90. The van der Waals surface area contributed by atoms with Crippen LogP contribution in [0.2, 0.25) is 0 Å². The minimum atomic E-state index is 0.135. The van der Waals surface area contributed by atoms with Crippen molar-refractivity contribution in [2.45, 2.75) is 51.0 Å². The summed E-state index contributed by atoms with van der Waals surface area (Å²) < 4.78 is 0. The zero-order valence-corrected chi connectivity index (χ0v) is 8.84. The Kier molecular flexibility index (Phi) is 3.42. The number of nitriles is 1. The van der Waals surface area contributed by atoms with Crippen molar-refractivity contribution in [1.29, 1.82) is 5.26 Å². The molecule has 2 fully saturated rings. The van der Waals surface area contributed by atoms with E-state index in [4.69, 9.17) is 5.26 Å². The lowest BCUT2D eigenvalue weighted by Gasteiger charge is -2.26. The van der Waals surface area contributed by atoms with Crippen LogP contribution >= 0.6 is 0 Å². The fourth-order valence-corrected chi connectivity index (χ4v) is 2.40. The van der Waals surface area contributed by atoms with Crippen LogP contribution in [0, 0.1) is 23.2 Å². The molecule has 2 aliphatic rings. The Balaban J connectivity index is 1.75. The third-order valence-corrected chi connectivity index (χ3v) is 3.58. The highest BCUT2D eigenvalue weighted by Crippen LogP contribution is 2.29. The van der Waals surface area contributed by atoms with Crippen molar-refractivity contribution in [2.24, 2.45) is 11.8 Å². The number of nitrogens with zero attached hydrogens (tertiary/aromatic N) is 1. The second kappa shape index (κ2) is 4.79. The van der Waals surface area contributed by atoms with Crippen LogP contribution in [-0.4, -0.2) is 12.6 Å². The van der Waals surface area contributed by atoms with Gasteiger partial charge in [0, 0.05) is 0 Å². The average molecular weight is 192 g/mol. The van der Waals surface area contributed by atoms with Crippen LogP contribution in [0.4, 0.5) is 0 Å². The molecule has 2 aliphatic carbocycles. The molecule has 2 nitrogen and oxygen atoms in total. The molecular formula is C12H20N2. The highest BCUT2D eigenvalue weighted by Gasteiger charge is 2.26. The highest BCUT2D eigenvalue weighted by molar-refractivity contribution is 4.96. The first-order valence-electron chi connectivity index (χ1n) is 6.03. The van der Waals surface area contributed by atoms with Crippen LogP contribution in [0.1, 0.15) is 44.9 Å². The molecule has 14 heavy (non-hydrogen) atoms. The van der Waals surface area contributed by atoms with E-state index in [-0.39, 0.29) is 6.04 Å². The van der Waals surface area contributed by atoms with Gasteiger partial charge in [-0.25, -0.2) is 0 Å². The van der Waals surface area contributed by atoms with E-state index in [2.05, 4.69) is 11.4 Å². The minimum Gasteiger partial charge on any atom is -0.301 e. The fraction of sp³-hybridized carbons (Fsp3) is 0.917. The van der Waals surface area contributed by atoms with Gasteiger partial charge < -0.3 is 5.32 Å². The molecule has 2 saturated carbocycles. The van der Waals surface area contributed by atoms with Crippen LogP contribution < -0.4 is 5.32 Å². The van der Waals surface area contributed by atoms with Gasteiger partial charge in [-0.3, -0.25) is 0 Å². The summed E-state index contributed by atoms with van der Waals surface area (Å²) in [6, 6.07) is 2.58. The van der Waals surface area contributed by atoms with Gasteiger partial charge >= 0.3 is 0 Å². The Labute approximate surface area is 86.7 Å². The standard InChI is InChI=1S/C12H20N2/c13-8-12(14-9-10-6-7-10)11-4-2-1-3-5-11/h10-12,14H,1-7,9H2. The van der Waals surface area contributed by atoms with E-state index in [1.807, 2.05) is 0 Å². The fourth-order valence-electron chi connectivity index (χ4n) is 2.40. The quantitative estimate of drug-likeness (QED) is 0.742. The Hall–Kier alpha value is -0.550. The second-order valence-electron chi connectivity index (χ2n) is 4.86. The van der Waals surface area contributed by atoms with Crippen LogP contribution in [-0.2, 0) is 0 Å². The molecular weight excluding hydrogens is 172 g/mol.